The van der Waals surface area contributed by atoms with Crippen molar-refractivity contribution in [3.8, 4) is 0 Å². The molecule has 0 N–H and O–H groups in total. The second-order valence-corrected chi connectivity index (χ2v) is 8.71. The first-order valence-corrected chi connectivity index (χ1v) is 10.9. The number of anilines is 1. The van der Waals surface area contributed by atoms with Crippen LogP contribution in [0.2, 0.25) is 10.0 Å². The maximum absolute atomic E-state index is 12.9. The van der Waals surface area contributed by atoms with Crippen molar-refractivity contribution < 1.29 is 4.79 Å². The molecule has 2 heterocycles. The van der Waals surface area contributed by atoms with Crippen LogP contribution in [0.3, 0.4) is 0 Å². The third-order valence-electron chi connectivity index (χ3n) is 4.93. The van der Waals surface area contributed by atoms with Crippen LogP contribution in [-0.4, -0.2) is 45.8 Å². The summed E-state index contributed by atoms with van der Waals surface area (Å²) in [6.45, 7) is 4.07. The van der Waals surface area contributed by atoms with E-state index in [4.69, 9.17) is 28.2 Å². The lowest BCUT2D eigenvalue weighted by Gasteiger charge is -2.39. The van der Waals surface area contributed by atoms with E-state index in [0.29, 0.717) is 35.2 Å². The lowest BCUT2D eigenvalue weighted by atomic mass is 10.1. The summed E-state index contributed by atoms with van der Waals surface area (Å²) in [6.07, 6.45) is 0.723. The van der Waals surface area contributed by atoms with Gasteiger partial charge in [0.25, 0.3) is 5.91 Å². The Morgan fingerprint density at radius 1 is 1.14 bits per heavy atom. The molecule has 0 radical (unpaired) electrons. The van der Waals surface area contributed by atoms with E-state index in [1.165, 1.54) is 17.1 Å². The van der Waals surface area contributed by atoms with E-state index in [9.17, 15) is 4.79 Å². The highest BCUT2D eigenvalue weighted by Gasteiger charge is 2.30. The molecule has 1 saturated heterocycles. The number of hydrogen-bond donors (Lipinski definition) is 0. The van der Waals surface area contributed by atoms with E-state index in [-0.39, 0.29) is 11.9 Å². The first-order chi connectivity index (χ1) is 14.0. The van der Waals surface area contributed by atoms with Crippen molar-refractivity contribution in [2.75, 3.05) is 24.5 Å². The minimum atomic E-state index is -0.0522. The van der Waals surface area contributed by atoms with E-state index in [1.807, 2.05) is 30.0 Å². The van der Waals surface area contributed by atoms with E-state index in [2.05, 4.69) is 21.4 Å². The molecule has 1 fully saturated rings. The Kier molecular flexibility index (Phi) is 6.04. The molecule has 1 atom stereocenters. The van der Waals surface area contributed by atoms with Gasteiger partial charge in [-0.1, -0.05) is 53.5 Å². The molecule has 5 nitrogen and oxygen atoms in total. The van der Waals surface area contributed by atoms with Gasteiger partial charge >= 0.3 is 0 Å². The van der Waals surface area contributed by atoms with Gasteiger partial charge in [-0.25, -0.2) is 4.98 Å². The molecule has 1 aliphatic heterocycles. The largest absolute Gasteiger partial charge is 0.343 e. The van der Waals surface area contributed by atoms with Crippen molar-refractivity contribution in [2.24, 2.45) is 0 Å². The summed E-state index contributed by atoms with van der Waals surface area (Å²) in [7, 11) is 0. The molecule has 8 heteroatoms. The lowest BCUT2D eigenvalue weighted by Crippen LogP contribution is -2.54. The van der Waals surface area contributed by atoms with Gasteiger partial charge in [-0.2, -0.15) is 4.37 Å². The molecule has 29 heavy (non-hydrogen) atoms. The average Bonchev–Trinajstić information content (AvgIpc) is 3.16. The number of piperazine rings is 1. The van der Waals surface area contributed by atoms with Gasteiger partial charge in [0.15, 0.2) is 0 Å². The Labute approximate surface area is 184 Å². The summed E-state index contributed by atoms with van der Waals surface area (Å²) in [5.74, 6) is 0.777. The fourth-order valence-corrected chi connectivity index (χ4v) is 4.75. The first kappa shape index (κ1) is 20.1. The van der Waals surface area contributed by atoms with Crippen LogP contribution in [0.15, 0.2) is 48.5 Å². The van der Waals surface area contributed by atoms with Crippen LogP contribution in [0.5, 0.6) is 0 Å². The van der Waals surface area contributed by atoms with Crippen molar-refractivity contribution in [3.63, 3.8) is 0 Å². The van der Waals surface area contributed by atoms with Crippen molar-refractivity contribution in [3.05, 3.63) is 75.5 Å². The zero-order chi connectivity index (χ0) is 20.4. The predicted octanol–water partition coefficient (Wildman–Crippen LogP) is 4.79. The zero-order valence-corrected chi connectivity index (χ0v) is 18.2. The van der Waals surface area contributed by atoms with E-state index >= 15 is 0 Å². The minimum absolute atomic E-state index is 0.0375. The van der Waals surface area contributed by atoms with Crippen molar-refractivity contribution in [1.82, 2.24) is 14.3 Å². The van der Waals surface area contributed by atoms with Gasteiger partial charge in [-0.3, -0.25) is 4.79 Å². The Bertz CT molecular complexity index is 991. The van der Waals surface area contributed by atoms with Gasteiger partial charge in [0.05, 0.1) is 0 Å². The third kappa shape index (κ3) is 4.71. The molecule has 1 aliphatic rings. The van der Waals surface area contributed by atoms with Gasteiger partial charge in [-0.15, -0.1) is 0 Å². The van der Waals surface area contributed by atoms with E-state index in [0.717, 1.165) is 17.4 Å². The summed E-state index contributed by atoms with van der Waals surface area (Å²) in [4.78, 5) is 21.7. The average molecular weight is 447 g/mol. The molecule has 3 aromatic rings. The van der Waals surface area contributed by atoms with Crippen LogP contribution in [0, 0.1) is 0 Å². The molecule has 150 valence electrons. The van der Waals surface area contributed by atoms with Crippen molar-refractivity contribution in [2.45, 2.75) is 19.4 Å². The number of nitrogens with zero attached hydrogens (tertiary/aromatic N) is 4. The number of rotatable bonds is 4. The monoisotopic (exact) mass is 446 g/mol. The SMILES string of the molecule is CC1CN(c2nc(Cc3ccccc3)ns2)CCN1C(=O)c1cc(Cl)cc(Cl)c1. The molecular formula is C21H20Cl2N4OS. The van der Waals surface area contributed by atoms with Crippen molar-refractivity contribution >= 4 is 45.8 Å². The van der Waals surface area contributed by atoms with Crippen LogP contribution < -0.4 is 4.90 Å². The van der Waals surface area contributed by atoms with Gasteiger partial charge in [0, 0.05) is 59.2 Å². The quantitative estimate of drug-likeness (QED) is 0.577. The number of carbonyl (C=O) groups is 1. The van der Waals surface area contributed by atoms with Crippen LogP contribution >= 0.6 is 34.7 Å². The number of aromatic nitrogens is 2. The van der Waals surface area contributed by atoms with Gasteiger partial charge in [0.2, 0.25) is 5.13 Å². The summed E-state index contributed by atoms with van der Waals surface area (Å²) >= 11 is 13.5. The zero-order valence-electron chi connectivity index (χ0n) is 15.9. The number of carbonyl (C=O) groups excluding carboxylic acids is 1. The topological polar surface area (TPSA) is 49.3 Å². The minimum Gasteiger partial charge on any atom is -0.343 e. The normalized spacial score (nSPS) is 16.9. The molecule has 0 spiro atoms. The maximum atomic E-state index is 12.9. The van der Waals surface area contributed by atoms with Crippen molar-refractivity contribution in [1.29, 1.82) is 0 Å². The smallest absolute Gasteiger partial charge is 0.254 e. The van der Waals surface area contributed by atoms with Crippen LogP contribution in [0.4, 0.5) is 5.13 Å². The summed E-state index contributed by atoms with van der Waals surface area (Å²) in [6, 6.07) is 15.2. The predicted molar refractivity (Wildman–Crippen MR) is 118 cm³/mol. The Morgan fingerprint density at radius 3 is 2.55 bits per heavy atom. The molecule has 0 saturated carbocycles. The number of amides is 1. The molecule has 1 unspecified atom stereocenters. The Hall–Kier alpha value is -2.15. The highest BCUT2D eigenvalue weighted by molar-refractivity contribution is 7.09. The summed E-state index contributed by atoms with van der Waals surface area (Å²) < 4.78 is 4.51. The second-order valence-electron chi connectivity index (χ2n) is 7.11. The van der Waals surface area contributed by atoms with E-state index < -0.39 is 0 Å². The Balaban J connectivity index is 1.42. The molecule has 2 aromatic carbocycles. The number of halogens is 2. The number of benzene rings is 2. The second kappa shape index (κ2) is 8.69. The highest BCUT2D eigenvalue weighted by atomic mass is 35.5. The molecule has 1 amide bonds. The standard InChI is InChI=1S/C21H20Cl2N4OS/c1-14-13-26(21-24-19(25-29-21)9-15-5-3-2-4-6-15)7-8-27(14)20(28)16-10-17(22)12-18(23)11-16/h2-6,10-12,14H,7-9,13H2,1H3. The van der Waals surface area contributed by atoms with Gasteiger partial charge in [0.1, 0.15) is 5.82 Å². The summed E-state index contributed by atoms with van der Waals surface area (Å²) in [5.41, 5.74) is 1.71. The highest BCUT2D eigenvalue weighted by Crippen LogP contribution is 2.25. The molecule has 1 aromatic heterocycles. The van der Waals surface area contributed by atoms with E-state index in [1.54, 1.807) is 18.2 Å². The first-order valence-electron chi connectivity index (χ1n) is 9.38. The fourth-order valence-electron chi connectivity index (χ4n) is 3.50. The Morgan fingerprint density at radius 2 is 1.86 bits per heavy atom. The molecular weight excluding hydrogens is 427 g/mol. The third-order valence-corrected chi connectivity index (χ3v) is 6.18. The van der Waals surface area contributed by atoms with Crippen LogP contribution in [-0.2, 0) is 6.42 Å². The fraction of sp³-hybridized carbons (Fsp3) is 0.286. The van der Waals surface area contributed by atoms with Gasteiger partial charge < -0.3 is 9.80 Å². The number of hydrogen-bond acceptors (Lipinski definition) is 5. The van der Waals surface area contributed by atoms with Crippen LogP contribution in [0.1, 0.15) is 28.7 Å². The molecule has 4 rings (SSSR count). The molecule has 0 bridgehead atoms. The van der Waals surface area contributed by atoms with Gasteiger partial charge in [-0.05, 0) is 30.7 Å². The molecule has 0 aliphatic carbocycles. The maximum Gasteiger partial charge on any atom is 0.254 e. The summed E-state index contributed by atoms with van der Waals surface area (Å²) in [5, 5.41) is 1.83. The van der Waals surface area contributed by atoms with Crippen LogP contribution in [0.25, 0.3) is 0 Å². The lowest BCUT2D eigenvalue weighted by molar-refractivity contribution is 0.0674.